The van der Waals surface area contributed by atoms with Crippen molar-refractivity contribution >= 4 is 5.97 Å². The molecule has 0 spiro atoms. The van der Waals surface area contributed by atoms with Gasteiger partial charge in [-0.25, -0.2) is 0 Å². The van der Waals surface area contributed by atoms with E-state index in [0.717, 1.165) is 61.9 Å². The van der Waals surface area contributed by atoms with Crippen LogP contribution in [0.5, 0.6) is 11.5 Å². The summed E-state index contributed by atoms with van der Waals surface area (Å²) in [4.78, 5) is 12.5. The van der Waals surface area contributed by atoms with Gasteiger partial charge in [0.15, 0.2) is 0 Å². The largest absolute Gasteiger partial charge is 0.493 e. The first-order chi connectivity index (χ1) is 18.5. The van der Waals surface area contributed by atoms with Gasteiger partial charge in [-0.3, -0.25) is 4.79 Å². The molecule has 0 bridgehead atoms. The number of esters is 1. The number of unbranched alkanes of at least 4 members (excludes halogenated alkanes) is 1. The number of carbonyl (C=O) groups is 1. The summed E-state index contributed by atoms with van der Waals surface area (Å²) in [6.07, 6.45) is 14.9. The number of aryl methyl sites for hydroxylation is 2. The Morgan fingerprint density at radius 3 is 1.97 bits per heavy atom. The predicted molar refractivity (Wildman–Crippen MR) is 154 cm³/mol. The molecule has 38 heavy (non-hydrogen) atoms. The highest BCUT2D eigenvalue weighted by atomic mass is 16.5. The van der Waals surface area contributed by atoms with Crippen LogP contribution in [0.4, 0.5) is 0 Å². The highest BCUT2D eigenvalue weighted by Gasteiger charge is 2.29. The molecule has 4 rings (SSSR count). The van der Waals surface area contributed by atoms with Crippen molar-refractivity contribution in [3.8, 4) is 11.5 Å². The van der Waals surface area contributed by atoms with Gasteiger partial charge in [0.1, 0.15) is 17.6 Å². The number of hydrogen-bond donors (Lipinski definition) is 0. The van der Waals surface area contributed by atoms with Crippen molar-refractivity contribution in [3.05, 3.63) is 59.7 Å². The Bertz CT molecular complexity index is 935. The second-order valence-corrected chi connectivity index (χ2v) is 11.8. The first-order valence-electron chi connectivity index (χ1n) is 15.2. The molecule has 0 N–H and O–H groups in total. The van der Waals surface area contributed by atoms with E-state index in [1.165, 1.54) is 56.1 Å². The average Bonchev–Trinajstić information content (AvgIpc) is 2.94. The molecule has 0 radical (unpaired) electrons. The minimum absolute atomic E-state index is 0.0869. The molecule has 208 valence electrons. The number of benzene rings is 2. The average molecular weight is 521 g/mol. The van der Waals surface area contributed by atoms with Crippen LogP contribution in [-0.2, 0) is 16.0 Å². The van der Waals surface area contributed by atoms with E-state index in [0.29, 0.717) is 13.2 Å². The van der Waals surface area contributed by atoms with Gasteiger partial charge in [-0.2, -0.15) is 0 Å². The van der Waals surface area contributed by atoms with Crippen molar-refractivity contribution in [2.75, 3.05) is 13.2 Å². The van der Waals surface area contributed by atoms with E-state index in [9.17, 15) is 4.79 Å². The molecule has 0 unspecified atom stereocenters. The molecule has 2 aliphatic rings. The third-order valence-corrected chi connectivity index (χ3v) is 8.52. The molecule has 4 heteroatoms. The fourth-order valence-electron chi connectivity index (χ4n) is 5.88. The van der Waals surface area contributed by atoms with Crippen molar-refractivity contribution in [3.63, 3.8) is 0 Å². The van der Waals surface area contributed by atoms with Gasteiger partial charge in [0, 0.05) is 6.42 Å². The summed E-state index contributed by atoms with van der Waals surface area (Å²) >= 11 is 0. The Hall–Kier alpha value is -2.49. The molecule has 0 amide bonds. The van der Waals surface area contributed by atoms with E-state index in [4.69, 9.17) is 14.2 Å². The summed E-state index contributed by atoms with van der Waals surface area (Å²) in [6, 6.07) is 16.7. The van der Waals surface area contributed by atoms with Crippen molar-refractivity contribution in [2.24, 2.45) is 17.8 Å². The van der Waals surface area contributed by atoms with E-state index >= 15 is 0 Å². The molecule has 0 heterocycles. The van der Waals surface area contributed by atoms with Crippen LogP contribution in [0.1, 0.15) is 95.1 Å². The zero-order valence-corrected chi connectivity index (χ0v) is 23.7. The van der Waals surface area contributed by atoms with E-state index in [1.54, 1.807) is 0 Å². The topological polar surface area (TPSA) is 44.8 Å². The molecular formula is C34H48O4. The van der Waals surface area contributed by atoms with Gasteiger partial charge in [0.2, 0.25) is 0 Å². The fraction of sp³-hybridized carbons (Fsp3) is 0.618. The molecule has 4 nitrogen and oxygen atoms in total. The van der Waals surface area contributed by atoms with Crippen LogP contribution >= 0.6 is 0 Å². The van der Waals surface area contributed by atoms with Crippen molar-refractivity contribution < 1.29 is 19.0 Å². The molecule has 2 aromatic rings. The lowest BCUT2D eigenvalue weighted by molar-refractivity contribution is -0.157. The maximum atomic E-state index is 12.5. The Morgan fingerprint density at radius 1 is 0.737 bits per heavy atom. The minimum atomic E-state index is 0.0869. The Morgan fingerprint density at radius 2 is 1.34 bits per heavy atom. The SMILES string of the molecule is Cc1ccc(OCCCOc2ccc(CCCCC3CCC(OC(=O)C4CCC(C)CC4)CC3)cc2)cc1. The summed E-state index contributed by atoms with van der Waals surface area (Å²) < 4.78 is 17.6. The van der Waals surface area contributed by atoms with Gasteiger partial charge in [0.25, 0.3) is 0 Å². The minimum Gasteiger partial charge on any atom is -0.493 e. The molecule has 2 fully saturated rings. The third kappa shape index (κ3) is 9.67. The van der Waals surface area contributed by atoms with Gasteiger partial charge in [-0.15, -0.1) is 0 Å². The van der Waals surface area contributed by atoms with Crippen LogP contribution in [0, 0.1) is 24.7 Å². The lowest BCUT2D eigenvalue weighted by Gasteiger charge is -2.31. The molecule has 0 saturated heterocycles. The maximum Gasteiger partial charge on any atom is 0.309 e. The third-order valence-electron chi connectivity index (χ3n) is 8.52. The quantitative estimate of drug-likeness (QED) is 0.196. The zero-order chi connectivity index (χ0) is 26.6. The monoisotopic (exact) mass is 520 g/mol. The number of rotatable bonds is 13. The second kappa shape index (κ2) is 15.2. The standard InChI is InChI=1S/C34H48O4/c1-26-8-16-30(17-9-26)34(35)38-33-22-14-29(15-23-33)7-4-3-6-28-12-20-32(21-13-28)37-25-5-24-36-31-18-10-27(2)11-19-31/h10-13,18-21,26,29-30,33H,3-9,14-17,22-25H2,1-2H3. The number of carbonyl (C=O) groups excluding carboxylic acids is 1. The van der Waals surface area contributed by atoms with Gasteiger partial charge < -0.3 is 14.2 Å². The maximum absolute atomic E-state index is 12.5. The first-order valence-corrected chi connectivity index (χ1v) is 15.2. The van der Waals surface area contributed by atoms with Crippen molar-refractivity contribution in [1.29, 1.82) is 0 Å². The van der Waals surface area contributed by atoms with Crippen LogP contribution in [0.2, 0.25) is 0 Å². The van der Waals surface area contributed by atoms with Crippen LogP contribution in [-0.4, -0.2) is 25.3 Å². The Balaban J connectivity index is 1.02. The smallest absolute Gasteiger partial charge is 0.309 e. The van der Waals surface area contributed by atoms with Gasteiger partial charge in [-0.1, -0.05) is 49.6 Å². The van der Waals surface area contributed by atoms with Crippen molar-refractivity contribution in [2.45, 2.75) is 103 Å². The highest BCUT2D eigenvalue weighted by molar-refractivity contribution is 5.72. The van der Waals surface area contributed by atoms with E-state index in [2.05, 4.69) is 50.2 Å². The van der Waals surface area contributed by atoms with Crippen LogP contribution in [0.3, 0.4) is 0 Å². The Kier molecular flexibility index (Phi) is 11.4. The summed E-state index contributed by atoms with van der Waals surface area (Å²) in [5, 5.41) is 0. The molecule has 0 atom stereocenters. The normalized spacial score (nSPS) is 23.5. The highest BCUT2D eigenvalue weighted by Crippen LogP contribution is 2.33. The molecule has 0 aromatic heterocycles. The summed E-state index contributed by atoms with van der Waals surface area (Å²) in [5.41, 5.74) is 2.62. The molecule has 2 saturated carbocycles. The Labute approximate surface area is 230 Å². The number of ether oxygens (including phenoxy) is 3. The van der Waals surface area contributed by atoms with E-state index in [1.807, 2.05) is 12.1 Å². The lowest BCUT2D eigenvalue weighted by atomic mass is 9.82. The molecule has 2 aromatic carbocycles. The first kappa shape index (κ1) is 28.5. The molecule has 0 aliphatic heterocycles. The number of hydrogen-bond acceptors (Lipinski definition) is 4. The second-order valence-electron chi connectivity index (χ2n) is 11.8. The zero-order valence-electron chi connectivity index (χ0n) is 23.7. The van der Waals surface area contributed by atoms with Gasteiger partial charge in [0.05, 0.1) is 19.1 Å². The van der Waals surface area contributed by atoms with Crippen LogP contribution in [0.15, 0.2) is 48.5 Å². The summed E-state index contributed by atoms with van der Waals surface area (Å²) in [7, 11) is 0. The molecular weight excluding hydrogens is 472 g/mol. The fourth-order valence-corrected chi connectivity index (χ4v) is 5.88. The molecule has 2 aliphatic carbocycles. The summed E-state index contributed by atoms with van der Waals surface area (Å²) in [6.45, 7) is 5.69. The van der Waals surface area contributed by atoms with Gasteiger partial charge in [-0.05, 0) is 113 Å². The van der Waals surface area contributed by atoms with Crippen LogP contribution < -0.4 is 9.47 Å². The predicted octanol–water partition coefficient (Wildman–Crippen LogP) is 8.48. The van der Waals surface area contributed by atoms with Gasteiger partial charge >= 0.3 is 5.97 Å². The van der Waals surface area contributed by atoms with Crippen LogP contribution in [0.25, 0.3) is 0 Å². The van der Waals surface area contributed by atoms with E-state index < -0.39 is 0 Å². The summed E-state index contributed by atoms with van der Waals surface area (Å²) in [5.74, 6) is 3.66. The lowest BCUT2D eigenvalue weighted by Crippen LogP contribution is -2.29. The van der Waals surface area contributed by atoms with Crippen molar-refractivity contribution in [1.82, 2.24) is 0 Å². The van der Waals surface area contributed by atoms with E-state index in [-0.39, 0.29) is 18.0 Å².